The Hall–Kier alpha value is -2.02. The first-order chi connectivity index (χ1) is 9.84. The monoisotopic (exact) mass is 263 g/mol. The lowest BCUT2D eigenvalue weighted by molar-refractivity contribution is 0.717. The molecule has 0 aliphatic heterocycles. The normalized spacial score (nSPS) is 21.4. The number of nitrogens with zero attached hydrogens (tertiary/aromatic N) is 1. The second kappa shape index (κ2) is 5.96. The van der Waals surface area contributed by atoms with E-state index in [-0.39, 0.29) is 0 Å². The van der Waals surface area contributed by atoms with Crippen LogP contribution in [0.3, 0.4) is 0 Å². The Morgan fingerprint density at radius 2 is 2.00 bits per heavy atom. The van der Waals surface area contributed by atoms with Gasteiger partial charge < -0.3 is 4.90 Å². The molecule has 2 aliphatic rings. The Labute approximate surface area is 121 Å². The summed E-state index contributed by atoms with van der Waals surface area (Å²) in [7, 11) is 0. The van der Waals surface area contributed by atoms with Gasteiger partial charge in [-0.25, -0.2) is 0 Å². The molecule has 0 radical (unpaired) electrons. The number of hydrogen-bond donors (Lipinski definition) is 0. The van der Waals surface area contributed by atoms with Crippen LogP contribution in [-0.4, -0.2) is 6.04 Å². The molecule has 0 amide bonds. The van der Waals surface area contributed by atoms with Crippen molar-refractivity contribution in [3.63, 3.8) is 0 Å². The highest BCUT2D eigenvalue weighted by Gasteiger charge is 2.21. The molecule has 0 N–H and O–H groups in total. The van der Waals surface area contributed by atoms with Gasteiger partial charge in [0.2, 0.25) is 0 Å². The minimum absolute atomic E-state index is 0.429. The molecule has 20 heavy (non-hydrogen) atoms. The predicted octanol–water partition coefficient (Wildman–Crippen LogP) is 5.00. The minimum Gasteiger partial charge on any atom is -0.338 e. The number of allylic oxidation sites excluding steroid dienone is 6. The summed E-state index contributed by atoms with van der Waals surface area (Å²) in [5.41, 5.74) is 4.07. The lowest BCUT2D eigenvalue weighted by atomic mass is 9.99. The molecule has 1 aromatic carbocycles. The Morgan fingerprint density at radius 1 is 1.15 bits per heavy atom. The van der Waals surface area contributed by atoms with Gasteiger partial charge in [-0.05, 0) is 44.4 Å². The summed E-state index contributed by atoms with van der Waals surface area (Å²) in [5.74, 6) is 0. The first-order valence-electron chi connectivity index (χ1n) is 7.39. The zero-order valence-corrected chi connectivity index (χ0v) is 12.0. The van der Waals surface area contributed by atoms with Crippen molar-refractivity contribution in [3.05, 3.63) is 78.1 Å². The van der Waals surface area contributed by atoms with Gasteiger partial charge in [0.05, 0.1) is 6.04 Å². The Kier molecular flexibility index (Phi) is 3.87. The van der Waals surface area contributed by atoms with Gasteiger partial charge in [0.15, 0.2) is 0 Å². The summed E-state index contributed by atoms with van der Waals surface area (Å²) in [6, 6.07) is 11.2. The van der Waals surface area contributed by atoms with Gasteiger partial charge in [-0.1, -0.05) is 54.2 Å². The third kappa shape index (κ3) is 2.77. The maximum absolute atomic E-state index is 2.49. The molecule has 0 spiro atoms. The fourth-order valence-electron chi connectivity index (χ4n) is 2.86. The zero-order chi connectivity index (χ0) is 13.8. The first kappa shape index (κ1) is 13.0. The van der Waals surface area contributed by atoms with Crippen molar-refractivity contribution < 1.29 is 0 Å². The Bertz CT molecular complexity index is 575. The lowest BCUT2D eigenvalue weighted by Gasteiger charge is -2.35. The van der Waals surface area contributed by atoms with E-state index in [0.717, 1.165) is 19.3 Å². The van der Waals surface area contributed by atoms with Crippen LogP contribution in [-0.2, 0) is 0 Å². The molecule has 0 heterocycles. The third-order valence-electron chi connectivity index (χ3n) is 3.93. The number of anilines is 1. The van der Waals surface area contributed by atoms with Gasteiger partial charge in [-0.3, -0.25) is 0 Å². The second-order valence-corrected chi connectivity index (χ2v) is 5.44. The maximum atomic E-state index is 2.49. The molecule has 0 fully saturated rings. The molecule has 0 saturated carbocycles. The molecular weight excluding hydrogens is 242 g/mol. The van der Waals surface area contributed by atoms with E-state index in [4.69, 9.17) is 0 Å². The molecule has 1 nitrogen and oxygen atoms in total. The topological polar surface area (TPSA) is 3.24 Å². The van der Waals surface area contributed by atoms with Crippen molar-refractivity contribution in [2.45, 2.75) is 32.2 Å². The van der Waals surface area contributed by atoms with E-state index >= 15 is 0 Å². The summed E-state index contributed by atoms with van der Waals surface area (Å²) in [6.45, 7) is 2.17. The van der Waals surface area contributed by atoms with Crippen molar-refractivity contribution in [2.75, 3.05) is 4.90 Å². The van der Waals surface area contributed by atoms with Crippen molar-refractivity contribution in [1.82, 2.24) is 0 Å². The minimum atomic E-state index is 0.429. The summed E-state index contributed by atoms with van der Waals surface area (Å²) in [6.07, 6.45) is 16.9. The van der Waals surface area contributed by atoms with E-state index < -0.39 is 0 Å². The van der Waals surface area contributed by atoms with Gasteiger partial charge in [0.1, 0.15) is 0 Å². The number of hydrogen-bond acceptors (Lipinski definition) is 1. The van der Waals surface area contributed by atoms with Crippen LogP contribution in [0.2, 0.25) is 0 Å². The predicted molar refractivity (Wildman–Crippen MR) is 86.7 cm³/mol. The maximum Gasteiger partial charge on any atom is 0.0556 e. The largest absolute Gasteiger partial charge is 0.338 e. The molecule has 0 bridgehead atoms. The highest BCUT2D eigenvalue weighted by Crippen LogP contribution is 2.30. The van der Waals surface area contributed by atoms with Gasteiger partial charge in [0.25, 0.3) is 0 Å². The fraction of sp³-hybridized carbons (Fsp3) is 0.263. The van der Waals surface area contributed by atoms with Crippen molar-refractivity contribution >= 4 is 5.69 Å². The van der Waals surface area contributed by atoms with Crippen LogP contribution in [0.5, 0.6) is 0 Å². The fourth-order valence-corrected chi connectivity index (χ4v) is 2.86. The Balaban J connectivity index is 1.94. The molecule has 3 rings (SSSR count). The van der Waals surface area contributed by atoms with Crippen LogP contribution in [0.1, 0.15) is 26.2 Å². The average Bonchev–Trinajstić information content (AvgIpc) is 2.52. The van der Waals surface area contributed by atoms with Crippen LogP contribution in [0.4, 0.5) is 5.69 Å². The molecule has 1 aromatic rings. The first-order valence-corrected chi connectivity index (χ1v) is 7.39. The second-order valence-electron chi connectivity index (χ2n) is 5.44. The van der Waals surface area contributed by atoms with Gasteiger partial charge in [-0.15, -0.1) is 0 Å². The summed E-state index contributed by atoms with van der Waals surface area (Å²) in [5, 5.41) is 0. The van der Waals surface area contributed by atoms with Crippen LogP contribution in [0.25, 0.3) is 0 Å². The molecule has 2 aliphatic carbocycles. The molecular formula is C19H21N. The van der Waals surface area contributed by atoms with Gasteiger partial charge >= 0.3 is 0 Å². The van der Waals surface area contributed by atoms with E-state index in [1.165, 1.54) is 17.0 Å². The molecule has 1 heteroatoms. The smallest absolute Gasteiger partial charge is 0.0556 e. The number of rotatable bonds is 3. The van der Waals surface area contributed by atoms with E-state index in [1.807, 2.05) is 0 Å². The van der Waals surface area contributed by atoms with Gasteiger partial charge in [0, 0.05) is 11.4 Å². The van der Waals surface area contributed by atoms with Crippen LogP contribution < -0.4 is 4.90 Å². The van der Waals surface area contributed by atoms with Crippen LogP contribution >= 0.6 is 0 Å². The van der Waals surface area contributed by atoms with Crippen LogP contribution in [0, 0.1) is 0 Å². The quantitative estimate of drug-likeness (QED) is 0.741. The number of benzene rings is 1. The van der Waals surface area contributed by atoms with Crippen molar-refractivity contribution in [3.8, 4) is 0 Å². The van der Waals surface area contributed by atoms with Crippen molar-refractivity contribution in [2.24, 2.45) is 0 Å². The standard InChI is InChI=1S/C19H21N/c1-16-12-14-19(15-13-16)20(17-8-4-2-5-9-17)18-10-6-3-7-11-18/h2-6,8-10,12-14,19H,7,11,15H2,1H3. The van der Waals surface area contributed by atoms with E-state index in [9.17, 15) is 0 Å². The number of para-hydroxylation sites is 1. The molecule has 0 aromatic heterocycles. The van der Waals surface area contributed by atoms with Gasteiger partial charge in [-0.2, -0.15) is 0 Å². The van der Waals surface area contributed by atoms with Crippen LogP contribution in [0.15, 0.2) is 78.1 Å². The van der Waals surface area contributed by atoms with E-state index in [2.05, 4.69) is 78.6 Å². The summed E-state index contributed by atoms with van der Waals surface area (Å²) >= 11 is 0. The van der Waals surface area contributed by atoms with E-state index in [0.29, 0.717) is 6.04 Å². The van der Waals surface area contributed by atoms with E-state index in [1.54, 1.807) is 0 Å². The molecule has 0 saturated heterocycles. The highest BCUT2D eigenvalue weighted by atomic mass is 15.2. The summed E-state index contributed by atoms with van der Waals surface area (Å²) in [4.78, 5) is 2.49. The third-order valence-corrected chi connectivity index (χ3v) is 3.93. The molecule has 1 unspecified atom stereocenters. The lowest BCUT2D eigenvalue weighted by Crippen LogP contribution is -2.34. The zero-order valence-electron chi connectivity index (χ0n) is 12.0. The Morgan fingerprint density at radius 3 is 2.65 bits per heavy atom. The average molecular weight is 263 g/mol. The summed E-state index contributed by atoms with van der Waals surface area (Å²) < 4.78 is 0. The SMILES string of the molecule is CC1=CCC(N(C2=CC=CCC2)c2ccccc2)C=C1. The van der Waals surface area contributed by atoms with Crippen molar-refractivity contribution in [1.29, 1.82) is 0 Å². The molecule has 1 atom stereocenters. The molecule has 102 valence electrons. The highest BCUT2D eigenvalue weighted by molar-refractivity contribution is 5.56.